The Labute approximate surface area is 189 Å². The molecule has 4 rings (SSSR count). The average Bonchev–Trinajstić information content (AvgIpc) is 3.03. The minimum Gasteiger partial charge on any atom is -0.342 e. The van der Waals surface area contributed by atoms with Gasteiger partial charge < -0.3 is 10.6 Å². The minimum absolute atomic E-state index is 0.274. The molecule has 1 aliphatic heterocycles. The summed E-state index contributed by atoms with van der Waals surface area (Å²) in [6.45, 7) is 1.33. The van der Waals surface area contributed by atoms with Crippen LogP contribution in [0.25, 0.3) is 0 Å². The maximum atomic E-state index is 14.1. The van der Waals surface area contributed by atoms with Gasteiger partial charge in [0.2, 0.25) is 11.8 Å². The lowest BCUT2D eigenvalue weighted by Gasteiger charge is -2.23. The Morgan fingerprint density at radius 2 is 1.67 bits per heavy atom. The maximum Gasteiger partial charge on any atom is 0.244 e. The summed E-state index contributed by atoms with van der Waals surface area (Å²) in [5.74, 6) is -7.92. The van der Waals surface area contributed by atoms with Gasteiger partial charge in [0.05, 0.1) is 0 Å². The number of carbonyl (C=O) groups is 3. The second kappa shape index (κ2) is 9.00. The number of ketones is 1. The number of amides is 2. The number of nitrogens with one attached hydrogen (secondary N) is 2. The molecule has 1 heterocycles. The van der Waals surface area contributed by atoms with Gasteiger partial charge >= 0.3 is 0 Å². The third-order valence-electron chi connectivity index (χ3n) is 6.64. The molecule has 2 aromatic carbocycles. The summed E-state index contributed by atoms with van der Waals surface area (Å²) in [6, 6.07) is 9.14. The van der Waals surface area contributed by atoms with Crippen molar-refractivity contribution in [1.82, 2.24) is 5.32 Å². The monoisotopic (exact) mass is 458 g/mol. The van der Waals surface area contributed by atoms with Crippen LogP contribution in [-0.2, 0) is 20.8 Å². The molecule has 0 radical (unpaired) electrons. The Morgan fingerprint density at radius 3 is 2.33 bits per heavy atom. The first-order chi connectivity index (χ1) is 15.7. The lowest BCUT2D eigenvalue weighted by atomic mass is 9.84. The predicted octanol–water partition coefficient (Wildman–Crippen LogP) is 4.41. The minimum atomic E-state index is -1.65. The SMILES string of the molecule is CC1(Cc2ccc(F)c(F)c2F)NC(=O)C(C(=O)Nc2ccc(C3CCCCC3)cc2)C1=O. The van der Waals surface area contributed by atoms with Gasteiger partial charge in [-0.1, -0.05) is 37.5 Å². The summed E-state index contributed by atoms with van der Waals surface area (Å²) in [7, 11) is 0. The van der Waals surface area contributed by atoms with E-state index in [1.54, 1.807) is 12.1 Å². The fourth-order valence-electron chi connectivity index (χ4n) is 4.79. The number of anilines is 1. The van der Waals surface area contributed by atoms with E-state index in [9.17, 15) is 27.6 Å². The van der Waals surface area contributed by atoms with Crippen LogP contribution in [0.1, 0.15) is 56.1 Å². The predicted molar refractivity (Wildman–Crippen MR) is 116 cm³/mol. The maximum absolute atomic E-state index is 14.1. The van der Waals surface area contributed by atoms with E-state index < -0.39 is 52.9 Å². The van der Waals surface area contributed by atoms with Gasteiger partial charge in [-0.2, -0.15) is 0 Å². The summed E-state index contributed by atoms with van der Waals surface area (Å²) in [4.78, 5) is 38.2. The molecule has 1 saturated heterocycles. The first-order valence-corrected chi connectivity index (χ1v) is 11.1. The normalized spacial score (nSPS) is 23.5. The summed E-state index contributed by atoms with van der Waals surface area (Å²) in [5.41, 5.74) is -0.247. The van der Waals surface area contributed by atoms with E-state index >= 15 is 0 Å². The van der Waals surface area contributed by atoms with Crippen molar-refractivity contribution in [1.29, 1.82) is 0 Å². The smallest absolute Gasteiger partial charge is 0.244 e. The molecule has 8 heteroatoms. The number of hydrogen-bond donors (Lipinski definition) is 2. The third-order valence-corrected chi connectivity index (χ3v) is 6.64. The summed E-state index contributed by atoms with van der Waals surface area (Å²) in [5, 5.41) is 5.03. The van der Waals surface area contributed by atoms with E-state index in [1.165, 1.54) is 31.7 Å². The first kappa shape index (κ1) is 23.0. The average molecular weight is 458 g/mol. The molecule has 2 aromatic rings. The van der Waals surface area contributed by atoms with Gasteiger partial charge in [0, 0.05) is 12.1 Å². The molecule has 2 fully saturated rings. The Hall–Kier alpha value is -3.16. The van der Waals surface area contributed by atoms with Crippen molar-refractivity contribution in [2.75, 3.05) is 5.32 Å². The number of benzene rings is 2. The molecular formula is C25H25F3N2O3. The molecular weight excluding hydrogens is 433 g/mol. The second-order valence-corrected chi connectivity index (χ2v) is 9.08. The van der Waals surface area contributed by atoms with E-state index in [0.29, 0.717) is 11.6 Å². The molecule has 1 aliphatic carbocycles. The van der Waals surface area contributed by atoms with Crippen LogP contribution in [0, 0.1) is 23.4 Å². The zero-order valence-corrected chi connectivity index (χ0v) is 18.2. The van der Waals surface area contributed by atoms with E-state index in [-0.39, 0.29) is 5.56 Å². The number of Topliss-reactive ketones (excluding diaryl/α,β-unsaturated/α-hetero) is 1. The van der Waals surface area contributed by atoms with Crippen LogP contribution in [0.3, 0.4) is 0 Å². The standard InChI is InChI=1S/C25H25F3N2O3/c1-25(13-16-9-12-18(26)21(28)20(16)27)22(31)19(24(33)30-25)23(32)29-17-10-7-15(8-11-17)14-5-3-2-4-6-14/h7-12,14,19H,2-6,13H2,1H3,(H,29,32)(H,30,33). The molecule has 174 valence electrons. The van der Waals surface area contributed by atoms with Crippen molar-refractivity contribution in [3.05, 3.63) is 65.0 Å². The largest absolute Gasteiger partial charge is 0.342 e. The van der Waals surface area contributed by atoms with Crippen LogP contribution in [0.15, 0.2) is 36.4 Å². The summed E-state index contributed by atoms with van der Waals surface area (Å²) < 4.78 is 40.9. The molecule has 2 atom stereocenters. The molecule has 33 heavy (non-hydrogen) atoms. The molecule has 0 aromatic heterocycles. The topological polar surface area (TPSA) is 75.3 Å². The highest BCUT2D eigenvalue weighted by Gasteiger charge is 2.53. The molecule has 0 spiro atoms. The van der Waals surface area contributed by atoms with E-state index in [1.807, 2.05) is 12.1 Å². The van der Waals surface area contributed by atoms with Crippen molar-refractivity contribution in [3.8, 4) is 0 Å². The van der Waals surface area contributed by atoms with Gasteiger partial charge in [-0.05, 0) is 55.0 Å². The Morgan fingerprint density at radius 1 is 1.00 bits per heavy atom. The lowest BCUT2D eigenvalue weighted by molar-refractivity contribution is -0.135. The van der Waals surface area contributed by atoms with Crippen LogP contribution >= 0.6 is 0 Å². The zero-order valence-electron chi connectivity index (χ0n) is 18.2. The first-order valence-electron chi connectivity index (χ1n) is 11.1. The van der Waals surface area contributed by atoms with Gasteiger partial charge in [-0.3, -0.25) is 14.4 Å². The molecule has 5 nitrogen and oxygen atoms in total. The van der Waals surface area contributed by atoms with Crippen LogP contribution in [-0.4, -0.2) is 23.1 Å². The van der Waals surface area contributed by atoms with Crippen LogP contribution < -0.4 is 10.6 Å². The van der Waals surface area contributed by atoms with E-state index in [0.717, 1.165) is 25.0 Å². The highest BCUT2D eigenvalue weighted by atomic mass is 19.2. The molecule has 2 aliphatic rings. The van der Waals surface area contributed by atoms with Crippen molar-refractivity contribution < 1.29 is 27.6 Å². The van der Waals surface area contributed by atoms with E-state index in [4.69, 9.17) is 0 Å². The van der Waals surface area contributed by atoms with Crippen LogP contribution in [0.5, 0.6) is 0 Å². The van der Waals surface area contributed by atoms with Gasteiger partial charge in [0.25, 0.3) is 0 Å². The number of rotatable bonds is 5. The molecule has 2 amide bonds. The highest BCUT2D eigenvalue weighted by molar-refractivity contribution is 6.27. The number of carbonyl (C=O) groups excluding carboxylic acids is 3. The van der Waals surface area contributed by atoms with Crippen LogP contribution in [0.4, 0.5) is 18.9 Å². The molecule has 0 bridgehead atoms. The number of halogens is 3. The Kier molecular flexibility index (Phi) is 6.28. The lowest BCUT2D eigenvalue weighted by Crippen LogP contribution is -2.46. The molecule has 2 N–H and O–H groups in total. The van der Waals surface area contributed by atoms with Gasteiger partial charge in [0.1, 0.15) is 5.54 Å². The van der Waals surface area contributed by atoms with Gasteiger partial charge in [-0.25, -0.2) is 13.2 Å². The van der Waals surface area contributed by atoms with Crippen molar-refractivity contribution in [2.24, 2.45) is 5.92 Å². The van der Waals surface area contributed by atoms with Crippen LogP contribution in [0.2, 0.25) is 0 Å². The highest BCUT2D eigenvalue weighted by Crippen LogP contribution is 2.33. The fraction of sp³-hybridized carbons (Fsp3) is 0.400. The van der Waals surface area contributed by atoms with Crippen molar-refractivity contribution in [2.45, 2.75) is 56.9 Å². The summed E-state index contributed by atoms with van der Waals surface area (Å²) >= 11 is 0. The third kappa shape index (κ3) is 4.51. The van der Waals surface area contributed by atoms with Gasteiger partial charge in [-0.15, -0.1) is 0 Å². The molecule has 1 saturated carbocycles. The quantitative estimate of drug-likeness (QED) is 0.515. The van der Waals surface area contributed by atoms with E-state index in [2.05, 4.69) is 10.6 Å². The van der Waals surface area contributed by atoms with Crippen molar-refractivity contribution >= 4 is 23.3 Å². The van der Waals surface area contributed by atoms with Crippen molar-refractivity contribution in [3.63, 3.8) is 0 Å². The fourth-order valence-corrected chi connectivity index (χ4v) is 4.79. The van der Waals surface area contributed by atoms with Gasteiger partial charge in [0.15, 0.2) is 29.2 Å². The zero-order chi connectivity index (χ0) is 23.8. The Balaban J connectivity index is 1.45. The Bertz CT molecular complexity index is 1100. The second-order valence-electron chi connectivity index (χ2n) is 9.08. The number of hydrogen-bond acceptors (Lipinski definition) is 3. The summed E-state index contributed by atoms with van der Waals surface area (Å²) in [6.07, 6.45) is 5.52. The molecule has 2 unspecified atom stereocenters.